The normalized spacial score (nSPS) is 10.3. The van der Waals surface area contributed by atoms with Gasteiger partial charge in [-0.15, -0.1) is 0 Å². The number of H-pyrrole nitrogens is 1. The third kappa shape index (κ3) is 3.23. The smallest absolute Gasteiger partial charge is 0.304 e. The first kappa shape index (κ1) is 14.7. The zero-order chi connectivity index (χ0) is 15.6. The van der Waals surface area contributed by atoms with Crippen LogP contribution in [0, 0.1) is 15.9 Å². The van der Waals surface area contributed by atoms with E-state index in [4.69, 9.17) is 5.73 Å². The highest BCUT2D eigenvalue weighted by atomic mass is 32.1. The van der Waals surface area contributed by atoms with Crippen molar-refractivity contribution in [2.75, 3.05) is 5.73 Å². The van der Waals surface area contributed by atoms with E-state index < -0.39 is 22.3 Å². The number of anilines is 1. The number of rotatable bonds is 4. The number of nitro benzene ring substituents is 1. The standard InChI is InChI=1S/C11H9FN4O4S/c12-7-2-9(16(19)20)6(1-8(7)13)10(17)14-3-5-4-21-11(18)15-5/h1-2,4H,3,13H2,(H,14,17)(H,15,18). The number of nitro groups is 1. The minimum atomic E-state index is -0.972. The van der Waals surface area contributed by atoms with E-state index >= 15 is 0 Å². The van der Waals surface area contributed by atoms with Crippen LogP contribution < -0.4 is 15.9 Å². The molecule has 0 bridgehead atoms. The average molecular weight is 312 g/mol. The van der Waals surface area contributed by atoms with Gasteiger partial charge in [-0.25, -0.2) is 4.39 Å². The number of amides is 1. The summed E-state index contributed by atoms with van der Waals surface area (Å²) in [6.07, 6.45) is 0. The summed E-state index contributed by atoms with van der Waals surface area (Å²) in [6, 6.07) is 1.50. The Kier molecular flexibility index (Phi) is 3.98. The van der Waals surface area contributed by atoms with E-state index in [1.165, 1.54) is 5.38 Å². The molecular formula is C11H9FN4O4S. The summed E-state index contributed by atoms with van der Waals surface area (Å²) in [4.78, 5) is 35.0. The molecule has 0 saturated carbocycles. The molecule has 0 radical (unpaired) electrons. The van der Waals surface area contributed by atoms with Gasteiger partial charge < -0.3 is 16.0 Å². The Balaban J connectivity index is 2.24. The van der Waals surface area contributed by atoms with Gasteiger partial charge in [0.2, 0.25) is 0 Å². The van der Waals surface area contributed by atoms with Crippen LogP contribution in [0.5, 0.6) is 0 Å². The molecule has 0 saturated heterocycles. The number of halogens is 1. The molecule has 10 heteroatoms. The second kappa shape index (κ2) is 5.71. The van der Waals surface area contributed by atoms with Crippen LogP contribution in [0.3, 0.4) is 0 Å². The molecule has 1 amide bonds. The number of hydrogen-bond acceptors (Lipinski definition) is 6. The summed E-state index contributed by atoms with van der Waals surface area (Å²) < 4.78 is 13.2. The molecule has 0 aliphatic heterocycles. The van der Waals surface area contributed by atoms with Crippen molar-refractivity contribution in [2.45, 2.75) is 6.54 Å². The van der Waals surface area contributed by atoms with Gasteiger partial charge in [0, 0.05) is 11.1 Å². The predicted octanol–water partition coefficient (Wildman–Crippen LogP) is 0.996. The predicted molar refractivity (Wildman–Crippen MR) is 73.6 cm³/mol. The Labute approximate surface area is 120 Å². The lowest BCUT2D eigenvalue weighted by atomic mass is 10.1. The second-order valence-electron chi connectivity index (χ2n) is 4.00. The summed E-state index contributed by atoms with van der Waals surface area (Å²) in [6.45, 7) is -0.0218. The fourth-order valence-corrected chi connectivity index (χ4v) is 2.17. The van der Waals surface area contributed by atoms with Crippen molar-refractivity contribution in [1.29, 1.82) is 0 Å². The quantitative estimate of drug-likeness (QED) is 0.440. The molecule has 0 aliphatic rings. The van der Waals surface area contributed by atoms with Crippen LogP contribution in [0.2, 0.25) is 0 Å². The van der Waals surface area contributed by atoms with E-state index in [1.807, 2.05) is 0 Å². The molecule has 1 heterocycles. The molecule has 1 aromatic carbocycles. The lowest BCUT2D eigenvalue weighted by Gasteiger charge is -2.06. The molecule has 0 aliphatic carbocycles. The first-order chi connectivity index (χ1) is 9.88. The molecule has 0 spiro atoms. The average Bonchev–Trinajstić information content (AvgIpc) is 2.84. The van der Waals surface area contributed by atoms with E-state index in [9.17, 15) is 24.1 Å². The Hall–Kier alpha value is -2.75. The highest BCUT2D eigenvalue weighted by Gasteiger charge is 2.22. The molecule has 8 nitrogen and oxygen atoms in total. The minimum absolute atomic E-state index is 0.0218. The van der Waals surface area contributed by atoms with Crippen molar-refractivity contribution in [3.05, 3.63) is 54.4 Å². The van der Waals surface area contributed by atoms with E-state index in [1.54, 1.807) is 0 Å². The monoisotopic (exact) mass is 312 g/mol. The summed E-state index contributed by atoms with van der Waals surface area (Å²) in [5, 5.41) is 14.7. The van der Waals surface area contributed by atoms with Gasteiger partial charge in [-0.1, -0.05) is 11.3 Å². The van der Waals surface area contributed by atoms with Gasteiger partial charge in [0.25, 0.3) is 11.6 Å². The maximum atomic E-state index is 13.2. The van der Waals surface area contributed by atoms with Gasteiger partial charge in [-0.05, 0) is 6.07 Å². The Morgan fingerprint density at radius 2 is 2.24 bits per heavy atom. The van der Waals surface area contributed by atoms with E-state index in [-0.39, 0.29) is 22.7 Å². The lowest BCUT2D eigenvalue weighted by Crippen LogP contribution is -2.24. The largest absolute Gasteiger partial charge is 0.396 e. The fraction of sp³-hybridized carbons (Fsp3) is 0.0909. The molecule has 0 fully saturated rings. The zero-order valence-electron chi connectivity index (χ0n) is 10.4. The number of nitrogens with two attached hydrogens (primary N) is 1. The van der Waals surface area contributed by atoms with Crippen LogP contribution in [-0.2, 0) is 6.54 Å². The highest BCUT2D eigenvalue weighted by Crippen LogP contribution is 2.24. The van der Waals surface area contributed by atoms with Crippen molar-refractivity contribution >= 4 is 28.6 Å². The molecule has 0 unspecified atom stereocenters. The van der Waals surface area contributed by atoms with E-state index in [0.29, 0.717) is 11.8 Å². The number of nitrogen functional groups attached to an aromatic ring is 1. The van der Waals surface area contributed by atoms with Crippen molar-refractivity contribution < 1.29 is 14.1 Å². The first-order valence-corrected chi connectivity index (χ1v) is 6.44. The van der Waals surface area contributed by atoms with Crippen LogP contribution in [0.25, 0.3) is 0 Å². The SMILES string of the molecule is Nc1cc(C(=O)NCc2csc(=O)[nH]2)c([N+](=O)[O-])cc1F. The molecule has 2 rings (SSSR count). The Morgan fingerprint density at radius 3 is 2.81 bits per heavy atom. The first-order valence-electron chi connectivity index (χ1n) is 5.56. The van der Waals surface area contributed by atoms with Crippen molar-refractivity contribution in [2.24, 2.45) is 0 Å². The number of nitrogens with one attached hydrogen (secondary N) is 2. The number of nitrogens with zero attached hydrogens (tertiary/aromatic N) is 1. The van der Waals surface area contributed by atoms with Crippen molar-refractivity contribution in [3.63, 3.8) is 0 Å². The maximum absolute atomic E-state index is 13.2. The van der Waals surface area contributed by atoms with E-state index in [0.717, 1.165) is 17.4 Å². The van der Waals surface area contributed by atoms with Gasteiger partial charge in [0.1, 0.15) is 5.56 Å². The number of aromatic amines is 1. The van der Waals surface area contributed by atoms with Crippen molar-refractivity contribution in [3.8, 4) is 0 Å². The summed E-state index contributed by atoms with van der Waals surface area (Å²) in [7, 11) is 0. The van der Waals surface area contributed by atoms with Gasteiger partial charge in [0.15, 0.2) is 5.82 Å². The van der Waals surface area contributed by atoms with Crippen LogP contribution in [0.4, 0.5) is 15.8 Å². The maximum Gasteiger partial charge on any atom is 0.304 e. The molecule has 4 N–H and O–H groups in total. The highest BCUT2D eigenvalue weighted by molar-refractivity contribution is 7.07. The lowest BCUT2D eigenvalue weighted by molar-refractivity contribution is -0.385. The zero-order valence-corrected chi connectivity index (χ0v) is 11.2. The van der Waals surface area contributed by atoms with Gasteiger partial charge in [0.05, 0.1) is 23.2 Å². The number of carbonyl (C=O) groups excluding carboxylic acids is 1. The van der Waals surface area contributed by atoms with Crippen LogP contribution in [0.1, 0.15) is 16.1 Å². The second-order valence-corrected chi connectivity index (χ2v) is 4.85. The topological polar surface area (TPSA) is 131 Å². The Morgan fingerprint density at radius 1 is 1.52 bits per heavy atom. The summed E-state index contributed by atoms with van der Waals surface area (Å²) >= 11 is 0.924. The van der Waals surface area contributed by atoms with Crippen LogP contribution in [-0.4, -0.2) is 15.8 Å². The fourth-order valence-electron chi connectivity index (χ4n) is 1.58. The minimum Gasteiger partial charge on any atom is -0.396 e. The molecule has 1 aromatic heterocycles. The molecule has 2 aromatic rings. The third-order valence-corrected chi connectivity index (χ3v) is 3.29. The number of thiazole rings is 1. The third-order valence-electron chi connectivity index (χ3n) is 2.57. The molecule has 21 heavy (non-hydrogen) atoms. The van der Waals surface area contributed by atoms with Crippen LogP contribution >= 0.6 is 11.3 Å². The summed E-state index contributed by atoms with van der Waals surface area (Å²) in [5.74, 6) is -1.76. The molecule has 110 valence electrons. The van der Waals surface area contributed by atoms with Gasteiger partial charge in [-0.3, -0.25) is 19.7 Å². The number of carbonyl (C=O) groups is 1. The van der Waals surface area contributed by atoms with E-state index in [2.05, 4.69) is 10.3 Å². The molecule has 0 atom stereocenters. The summed E-state index contributed by atoms with van der Waals surface area (Å²) in [5.41, 5.74) is 4.37. The number of hydrogen-bond donors (Lipinski definition) is 3. The molecular weight excluding hydrogens is 303 g/mol. The van der Waals surface area contributed by atoms with Crippen LogP contribution in [0.15, 0.2) is 22.3 Å². The number of aromatic nitrogens is 1. The Bertz CT molecular complexity index is 770. The van der Waals surface area contributed by atoms with Gasteiger partial charge >= 0.3 is 4.87 Å². The van der Waals surface area contributed by atoms with Gasteiger partial charge in [-0.2, -0.15) is 0 Å². The number of benzene rings is 1. The van der Waals surface area contributed by atoms with Crippen molar-refractivity contribution in [1.82, 2.24) is 10.3 Å².